The number of rotatable bonds is 6. The SMILES string of the molecule is CS(=O)(=O)N1CCc2[nH]nc(-c3ccc(C(F)(F)F)c(SCCN4CCCCC4)c3)c2C1. The number of halogens is 3. The van der Waals surface area contributed by atoms with E-state index in [-0.39, 0.29) is 11.4 Å². The second kappa shape index (κ2) is 9.36. The van der Waals surface area contributed by atoms with Gasteiger partial charge in [0.1, 0.15) is 0 Å². The zero-order valence-corrected chi connectivity index (χ0v) is 19.5. The average Bonchev–Trinajstić information content (AvgIpc) is 3.16. The van der Waals surface area contributed by atoms with E-state index in [0.717, 1.165) is 56.1 Å². The number of likely N-dealkylation sites (tertiary alicyclic amines) is 1. The zero-order chi connectivity index (χ0) is 22.9. The summed E-state index contributed by atoms with van der Waals surface area (Å²) >= 11 is 1.22. The number of nitrogens with one attached hydrogen (secondary N) is 1. The van der Waals surface area contributed by atoms with E-state index in [1.54, 1.807) is 6.07 Å². The fraction of sp³-hybridized carbons (Fsp3) is 0.571. The molecule has 0 aliphatic carbocycles. The lowest BCUT2D eigenvalue weighted by Gasteiger charge is -2.26. The van der Waals surface area contributed by atoms with Crippen molar-refractivity contribution in [2.24, 2.45) is 0 Å². The molecule has 176 valence electrons. The van der Waals surface area contributed by atoms with E-state index in [0.29, 0.717) is 30.0 Å². The highest BCUT2D eigenvalue weighted by atomic mass is 32.2. The highest BCUT2D eigenvalue weighted by Gasteiger charge is 2.34. The van der Waals surface area contributed by atoms with Crippen molar-refractivity contribution in [3.05, 3.63) is 35.0 Å². The van der Waals surface area contributed by atoms with Crippen molar-refractivity contribution in [3.63, 3.8) is 0 Å². The number of aromatic amines is 1. The summed E-state index contributed by atoms with van der Waals surface area (Å²) < 4.78 is 66.3. The van der Waals surface area contributed by atoms with Crippen molar-refractivity contribution in [3.8, 4) is 11.3 Å². The number of H-pyrrole nitrogens is 1. The molecular weight excluding hydrogens is 461 g/mol. The normalized spacial score (nSPS) is 18.6. The lowest BCUT2D eigenvalue weighted by Crippen LogP contribution is -2.35. The maximum Gasteiger partial charge on any atom is 0.417 e. The summed E-state index contributed by atoms with van der Waals surface area (Å²) in [6.07, 6.45) is 0.713. The largest absolute Gasteiger partial charge is 0.417 e. The Morgan fingerprint density at radius 1 is 1.16 bits per heavy atom. The molecule has 4 rings (SSSR count). The quantitative estimate of drug-likeness (QED) is 0.623. The summed E-state index contributed by atoms with van der Waals surface area (Å²) in [4.78, 5) is 2.48. The van der Waals surface area contributed by atoms with Gasteiger partial charge >= 0.3 is 6.18 Å². The molecule has 32 heavy (non-hydrogen) atoms. The molecule has 0 amide bonds. The van der Waals surface area contributed by atoms with Gasteiger partial charge in [-0.1, -0.05) is 12.5 Å². The van der Waals surface area contributed by atoms with Crippen molar-refractivity contribution in [2.45, 2.75) is 43.3 Å². The van der Waals surface area contributed by atoms with Gasteiger partial charge in [-0.05, 0) is 38.1 Å². The van der Waals surface area contributed by atoms with Gasteiger partial charge in [-0.25, -0.2) is 8.42 Å². The monoisotopic (exact) mass is 488 g/mol. The molecule has 11 heteroatoms. The second-order valence-corrected chi connectivity index (χ2v) is 11.5. The Morgan fingerprint density at radius 3 is 2.59 bits per heavy atom. The van der Waals surface area contributed by atoms with Crippen LogP contribution in [0.25, 0.3) is 11.3 Å². The molecule has 1 aromatic heterocycles. The summed E-state index contributed by atoms with van der Waals surface area (Å²) in [5, 5.41) is 7.27. The highest BCUT2D eigenvalue weighted by molar-refractivity contribution is 7.99. The number of benzene rings is 1. The topological polar surface area (TPSA) is 69.3 Å². The molecule has 1 N–H and O–H groups in total. The van der Waals surface area contributed by atoms with Crippen LogP contribution in [-0.4, -0.2) is 66.0 Å². The Bertz CT molecular complexity index is 1060. The van der Waals surface area contributed by atoms with Gasteiger partial charge in [0.25, 0.3) is 0 Å². The van der Waals surface area contributed by atoms with Crippen LogP contribution in [-0.2, 0) is 29.2 Å². The van der Waals surface area contributed by atoms with Gasteiger partial charge in [-0.3, -0.25) is 5.10 Å². The zero-order valence-electron chi connectivity index (χ0n) is 17.9. The van der Waals surface area contributed by atoms with Gasteiger partial charge in [-0.2, -0.15) is 22.6 Å². The maximum atomic E-state index is 13.6. The number of piperidine rings is 1. The van der Waals surface area contributed by atoms with Crippen LogP contribution in [0.15, 0.2) is 23.1 Å². The van der Waals surface area contributed by atoms with Gasteiger partial charge in [-0.15, -0.1) is 11.8 Å². The van der Waals surface area contributed by atoms with E-state index in [2.05, 4.69) is 15.1 Å². The van der Waals surface area contributed by atoms with Crippen LogP contribution >= 0.6 is 11.8 Å². The number of hydrogen-bond donors (Lipinski definition) is 1. The van der Waals surface area contributed by atoms with E-state index in [1.807, 2.05) is 0 Å². The van der Waals surface area contributed by atoms with Crippen LogP contribution in [0, 0.1) is 0 Å². The van der Waals surface area contributed by atoms with Crippen molar-refractivity contribution in [1.29, 1.82) is 0 Å². The number of sulfonamides is 1. The molecule has 3 heterocycles. The number of nitrogens with zero attached hydrogens (tertiary/aromatic N) is 3. The first kappa shape index (κ1) is 23.6. The average molecular weight is 489 g/mol. The molecule has 0 spiro atoms. The molecule has 0 radical (unpaired) electrons. The van der Waals surface area contributed by atoms with E-state index in [9.17, 15) is 21.6 Å². The van der Waals surface area contributed by atoms with Crippen LogP contribution in [0.4, 0.5) is 13.2 Å². The van der Waals surface area contributed by atoms with Crippen LogP contribution in [0.5, 0.6) is 0 Å². The Balaban J connectivity index is 1.59. The fourth-order valence-corrected chi connectivity index (χ4v) is 6.19. The highest BCUT2D eigenvalue weighted by Crippen LogP contribution is 2.40. The van der Waals surface area contributed by atoms with Crippen LogP contribution in [0.2, 0.25) is 0 Å². The number of alkyl halides is 3. The summed E-state index contributed by atoms with van der Waals surface area (Å²) in [6.45, 7) is 3.29. The smallest absolute Gasteiger partial charge is 0.303 e. The van der Waals surface area contributed by atoms with E-state index in [4.69, 9.17) is 0 Å². The van der Waals surface area contributed by atoms with Gasteiger partial charge in [0.05, 0.1) is 17.5 Å². The fourth-order valence-electron chi connectivity index (χ4n) is 4.28. The molecule has 0 atom stereocenters. The Labute approximate surface area is 190 Å². The third-order valence-corrected chi connectivity index (χ3v) is 8.33. The molecule has 1 fully saturated rings. The number of hydrogen-bond acceptors (Lipinski definition) is 5. The molecule has 1 aromatic carbocycles. The van der Waals surface area contributed by atoms with Gasteiger partial charge in [0.15, 0.2) is 0 Å². The predicted octanol–water partition coefficient (Wildman–Crippen LogP) is 3.99. The predicted molar refractivity (Wildman–Crippen MR) is 119 cm³/mol. The first-order valence-electron chi connectivity index (χ1n) is 10.7. The molecule has 0 bridgehead atoms. The third-order valence-electron chi connectivity index (χ3n) is 6.04. The Kier molecular flexibility index (Phi) is 6.90. The van der Waals surface area contributed by atoms with Crippen molar-refractivity contribution in [2.75, 3.05) is 38.2 Å². The standard InChI is InChI=1S/C21H27F3N4O2S2/c1-32(29,30)28-10-7-18-16(14-28)20(26-25-18)15-5-6-17(21(22,23)24)19(13-15)31-12-11-27-8-3-2-4-9-27/h5-6,13H,2-4,7-12,14H2,1H3,(H,25,26). The minimum Gasteiger partial charge on any atom is -0.303 e. The maximum absolute atomic E-state index is 13.6. The molecular formula is C21H27F3N4O2S2. The minimum atomic E-state index is -4.44. The molecule has 6 nitrogen and oxygen atoms in total. The molecule has 2 aromatic rings. The lowest BCUT2D eigenvalue weighted by molar-refractivity contribution is -0.139. The molecule has 0 saturated carbocycles. The first-order chi connectivity index (χ1) is 15.1. The first-order valence-corrected chi connectivity index (χ1v) is 13.5. The van der Waals surface area contributed by atoms with Crippen LogP contribution in [0.1, 0.15) is 36.1 Å². The molecule has 0 unspecified atom stereocenters. The van der Waals surface area contributed by atoms with Crippen molar-refractivity contribution in [1.82, 2.24) is 19.4 Å². The lowest BCUT2D eigenvalue weighted by atomic mass is 10.0. The molecule has 1 saturated heterocycles. The summed E-state index contributed by atoms with van der Waals surface area (Å²) in [6, 6.07) is 4.07. The minimum absolute atomic E-state index is 0.165. The van der Waals surface area contributed by atoms with Crippen molar-refractivity contribution >= 4 is 21.8 Å². The summed E-state index contributed by atoms with van der Waals surface area (Å²) in [5.41, 5.74) is 1.99. The van der Waals surface area contributed by atoms with Gasteiger partial charge in [0, 0.05) is 53.5 Å². The number of fused-ring (bicyclic) bond motifs is 1. The van der Waals surface area contributed by atoms with Crippen LogP contribution < -0.4 is 0 Å². The third kappa shape index (κ3) is 5.32. The molecule has 2 aliphatic rings. The summed E-state index contributed by atoms with van der Waals surface area (Å²) in [7, 11) is -3.37. The number of aromatic nitrogens is 2. The Morgan fingerprint density at radius 2 is 1.91 bits per heavy atom. The van der Waals surface area contributed by atoms with E-state index >= 15 is 0 Å². The van der Waals surface area contributed by atoms with Gasteiger partial charge in [0.2, 0.25) is 10.0 Å². The van der Waals surface area contributed by atoms with Crippen LogP contribution in [0.3, 0.4) is 0 Å². The van der Waals surface area contributed by atoms with Crippen molar-refractivity contribution < 1.29 is 21.6 Å². The second-order valence-electron chi connectivity index (χ2n) is 8.34. The van der Waals surface area contributed by atoms with E-state index in [1.165, 1.54) is 28.6 Å². The summed E-state index contributed by atoms with van der Waals surface area (Å²) in [5.74, 6) is 0.576. The Hall–Kier alpha value is -1.56. The molecule has 2 aliphatic heterocycles. The van der Waals surface area contributed by atoms with Gasteiger partial charge < -0.3 is 4.90 Å². The number of thioether (sulfide) groups is 1. The van der Waals surface area contributed by atoms with E-state index < -0.39 is 21.8 Å².